The summed E-state index contributed by atoms with van der Waals surface area (Å²) in [6.45, 7) is 9.35. The van der Waals surface area contributed by atoms with E-state index >= 15 is 0 Å². The van der Waals surface area contributed by atoms with Crippen LogP contribution in [-0.2, 0) is 4.79 Å². The molecule has 0 radical (unpaired) electrons. The van der Waals surface area contributed by atoms with E-state index in [9.17, 15) is 4.79 Å². The van der Waals surface area contributed by atoms with E-state index in [0.29, 0.717) is 19.6 Å². The molecule has 21 heavy (non-hydrogen) atoms. The molecule has 1 aromatic rings. The number of hydrogen-bond acceptors (Lipinski definition) is 3. The van der Waals surface area contributed by atoms with Crippen molar-refractivity contribution in [1.82, 2.24) is 5.32 Å². The molecule has 118 valence electrons. The Morgan fingerprint density at radius 1 is 1.38 bits per heavy atom. The predicted molar refractivity (Wildman–Crippen MR) is 86.3 cm³/mol. The lowest BCUT2D eigenvalue weighted by Crippen LogP contribution is -2.35. The number of nitrogens with two attached hydrogens (primary N) is 1. The van der Waals surface area contributed by atoms with Crippen LogP contribution in [0.15, 0.2) is 24.3 Å². The highest BCUT2D eigenvalue weighted by Crippen LogP contribution is 2.20. The molecule has 0 aliphatic rings. The summed E-state index contributed by atoms with van der Waals surface area (Å²) in [6.07, 6.45) is 1.20. The first-order valence-electron chi connectivity index (χ1n) is 7.48. The molecule has 0 heterocycles. The highest BCUT2D eigenvalue weighted by Gasteiger charge is 2.17. The lowest BCUT2D eigenvalue weighted by molar-refractivity contribution is -0.121. The lowest BCUT2D eigenvalue weighted by atomic mass is 9.87. The molecule has 0 aromatic heterocycles. The van der Waals surface area contributed by atoms with Crippen LogP contribution in [0.3, 0.4) is 0 Å². The quantitative estimate of drug-likeness (QED) is 0.759. The summed E-state index contributed by atoms with van der Waals surface area (Å²) in [5.74, 6) is 0.813. The van der Waals surface area contributed by atoms with Gasteiger partial charge in [-0.25, -0.2) is 0 Å². The second-order valence-electron chi connectivity index (χ2n) is 6.74. The molecule has 0 aliphatic carbocycles. The summed E-state index contributed by atoms with van der Waals surface area (Å²) in [5.41, 5.74) is 7.28. The Hall–Kier alpha value is -1.55. The average Bonchev–Trinajstić information content (AvgIpc) is 2.32. The lowest BCUT2D eigenvalue weighted by Gasteiger charge is -2.22. The molecule has 0 saturated carbocycles. The van der Waals surface area contributed by atoms with Gasteiger partial charge in [0.1, 0.15) is 12.4 Å². The maximum Gasteiger partial charge on any atom is 0.221 e. The number of aryl methyl sites for hydroxylation is 1. The molecule has 0 aliphatic heterocycles. The molecule has 0 fully saturated rings. The van der Waals surface area contributed by atoms with E-state index in [4.69, 9.17) is 10.5 Å². The van der Waals surface area contributed by atoms with Crippen molar-refractivity contribution in [3.63, 3.8) is 0 Å². The summed E-state index contributed by atoms with van der Waals surface area (Å²) in [4.78, 5) is 11.8. The molecule has 0 bridgehead atoms. The maximum atomic E-state index is 11.8. The topological polar surface area (TPSA) is 64.3 Å². The molecule has 3 N–H and O–H groups in total. The van der Waals surface area contributed by atoms with Crippen LogP contribution in [0.1, 0.15) is 39.2 Å². The van der Waals surface area contributed by atoms with E-state index in [2.05, 4.69) is 26.1 Å². The molecule has 1 unspecified atom stereocenters. The molecule has 0 saturated heterocycles. The van der Waals surface area contributed by atoms with Gasteiger partial charge in [-0.1, -0.05) is 32.9 Å². The van der Waals surface area contributed by atoms with Crippen molar-refractivity contribution in [2.24, 2.45) is 11.1 Å². The van der Waals surface area contributed by atoms with Crippen molar-refractivity contribution in [3.05, 3.63) is 29.8 Å². The Morgan fingerprint density at radius 2 is 2.10 bits per heavy atom. The standard InChI is InChI=1S/C17H28N2O2/c1-13-6-5-7-15(10-13)21-9-8-19-16(20)11-14(18)12-17(2,3)4/h5-7,10,14H,8-9,11-12,18H2,1-4H3,(H,19,20). The van der Waals surface area contributed by atoms with Crippen LogP contribution in [0.4, 0.5) is 0 Å². The summed E-state index contributed by atoms with van der Waals surface area (Å²) >= 11 is 0. The highest BCUT2D eigenvalue weighted by molar-refractivity contribution is 5.76. The minimum Gasteiger partial charge on any atom is -0.492 e. The van der Waals surface area contributed by atoms with Crippen molar-refractivity contribution in [3.8, 4) is 5.75 Å². The largest absolute Gasteiger partial charge is 0.492 e. The van der Waals surface area contributed by atoms with Crippen LogP contribution >= 0.6 is 0 Å². The third kappa shape index (κ3) is 8.35. The number of ether oxygens (including phenoxy) is 1. The van der Waals surface area contributed by atoms with Gasteiger partial charge in [0.25, 0.3) is 0 Å². The molecule has 4 nitrogen and oxygen atoms in total. The fourth-order valence-corrected chi connectivity index (χ4v) is 2.23. The second kappa shape index (κ2) is 8.03. The van der Waals surface area contributed by atoms with Crippen molar-refractivity contribution >= 4 is 5.91 Å². The first-order valence-corrected chi connectivity index (χ1v) is 7.48. The molecule has 4 heteroatoms. The fourth-order valence-electron chi connectivity index (χ4n) is 2.23. The number of nitrogens with one attached hydrogen (secondary N) is 1. The van der Waals surface area contributed by atoms with E-state index in [0.717, 1.165) is 17.7 Å². The van der Waals surface area contributed by atoms with Crippen LogP contribution in [0, 0.1) is 12.3 Å². The Labute approximate surface area is 128 Å². The van der Waals surface area contributed by atoms with Crippen LogP contribution in [0.2, 0.25) is 0 Å². The zero-order valence-electron chi connectivity index (χ0n) is 13.6. The van der Waals surface area contributed by atoms with Crippen molar-refractivity contribution < 1.29 is 9.53 Å². The van der Waals surface area contributed by atoms with Crippen LogP contribution in [0.5, 0.6) is 5.75 Å². The summed E-state index contributed by atoms with van der Waals surface area (Å²) < 4.78 is 5.58. The van der Waals surface area contributed by atoms with Gasteiger partial charge in [-0.3, -0.25) is 4.79 Å². The monoisotopic (exact) mass is 292 g/mol. The van der Waals surface area contributed by atoms with Gasteiger partial charge in [0.15, 0.2) is 0 Å². The van der Waals surface area contributed by atoms with Crippen molar-refractivity contribution in [1.29, 1.82) is 0 Å². The van der Waals surface area contributed by atoms with Crippen molar-refractivity contribution in [2.75, 3.05) is 13.2 Å². The molecule has 0 spiro atoms. The minimum atomic E-state index is -0.0947. The normalized spacial score (nSPS) is 12.8. The Kier molecular flexibility index (Phi) is 6.69. The number of amides is 1. The number of carbonyl (C=O) groups excluding carboxylic acids is 1. The highest BCUT2D eigenvalue weighted by atomic mass is 16.5. The van der Waals surface area contributed by atoms with E-state index < -0.39 is 0 Å². The summed E-state index contributed by atoms with van der Waals surface area (Å²) in [6, 6.07) is 7.76. The van der Waals surface area contributed by atoms with Gasteiger partial charge in [-0.2, -0.15) is 0 Å². The molecular formula is C17H28N2O2. The summed E-state index contributed by atoms with van der Waals surface area (Å²) in [5, 5.41) is 2.84. The van der Waals surface area contributed by atoms with Crippen LogP contribution < -0.4 is 15.8 Å². The first-order chi connectivity index (χ1) is 9.76. The zero-order chi connectivity index (χ0) is 15.9. The number of rotatable bonds is 7. The van der Waals surface area contributed by atoms with E-state index in [-0.39, 0.29) is 17.4 Å². The predicted octanol–water partition coefficient (Wildman–Crippen LogP) is 2.64. The Bertz CT molecular complexity index is 452. The number of hydrogen-bond donors (Lipinski definition) is 2. The van der Waals surface area contributed by atoms with Gasteiger partial charge < -0.3 is 15.8 Å². The van der Waals surface area contributed by atoms with E-state index in [1.807, 2.05) is 31.2 Å². The third-order valence-corrected chi connectivity index (χ3v) is 3.00. The molecule has 1 atom stereocenters. The van der Waals surface area contributed by atoms with Gasteiger partial charge in [0, 0.05) is 12.5 Å². The number of carbonyl (C=O) groups is 1. The second-order valence-corrected chi connectivity index (χ2v) is 6.74. The van der Waals surface area contributed by atoms with Crippen LogP contribution in [0.25, 0.3) is 0 Å². The molecule has 1 rings (SSSR count). The van der Waals surface area contributed by atoms with E-state index in [1.54, 1.807) is 0 Å². The van der Waals surface area contributed by atoms with Gasteiger partial charge >= 0.3 is 0 Å². The van der Waals surface area contributed by atoms with Crippen LogP contribution in [-0.4, -0.2) is 25.1 Å². The third-order valence-electron chi connectivity index (χ3n) is 3.00. The van der Waals surface area contributed by atoms with Gasteiger partial charge in [0.05, 0.1) is 6.54 Å². The smallest absolute Gasteiger partial charge is 0.221 e. The maximum absolute atomic E-state index is 11.8. The molecule has 1 aromatic carbocycles. The van der Waals surface area contributed by atoms with Gasteiger partial charge in [0.2, 0.25) is 5.91 Å². The Balaban J connectivity index is 2.19. The first kappa shape index (κ1) is 17.5. The van der Waals surface area contributed by atoms with Gasteiger partial charge in [-0.05, 0) is 36.5 Å². The Morgan fingerprint density at radius 3 is 2.71 bits per heavy atom. The minimum absolute atomic E-state index is 0.0143. The average molecular weight is 292 g/mol. The number of benzene rings is 1. The fraction of sp³-hybridized carbons (Fsp3) is 0.588. The molecular weight excluding hydrogens is 264 g/mol. The SMILES string of the molecule is Cc1cccc(OCCNC(=O)CC(N)CC(C)(C)C)c1. The molecule has 1 amide bonds. The van der Waals surface area contributed by atoms with Crippen molar-refractivity contribution in [2.45, 2.75) is 46.6 Å². The zero-order valence-corrected chi connectivity index (χ0v) is 13.6. The van der Waals surface area contributed by atoms with Gasteiger partial charge in [-0.15, -0.1) is 0 Å². The summed E-state index contributed by atoms with van der Waals surface area (Å²) in [7, 11) is 0. The van der Waals surface area contributed by atoms with E-state index in [1.165, 1.54) is 0 Å².